The number of methoxy groups -OCH3 is 1. The predicted molar refractivity (Wildman–Crippen MR) is 223 cm³/mol. The molecule has 0 bridgehead atoms. The lowest BCUT2D eigenvalue weighted by atomic mass is 9.82. The van der Waals surface area contributed by atoms with Gasteiger partial charge in [-0.3, -0.25) is 33.8 Å². The number of nitrogens with zero attached hydrogens (tertiary/aromatic N) is 3. The van der Waals surface area contributed by atoms with E-state index in [1.54, 1.807) is 11.6 Å². The van der Waals surface area contributed by atoms with Crippen LogP contribution >= 0.6 is 11.3 Å². The highest BCUT2D eigenvalue weighted by atomic mass is 32.1. The van der Waals surface area contributed by atoms with Crippen LogP contribution in [0.25, 0.3) is 0 Å². The summed E-state index contributed by atoms with van der Waals surface area (Å²) in [5.74, 6) is -3.49. The van der Waals surface area contributed by atoms with E-state index in [2.05, 4.69) is 31.6 Å². The van der Waals surface area contributed by atoms with Crippen molar-refractivity contribution >= 4 is 52.7 Å². The van der Waals surface area contributed by atoms with Gasteiger partial charge >= 0.3 is 5.97 Å². The van der Waals surface area contributed by atoms with Gasteiger partial charge in [-0.1, -0.05) is 99.6 Å². The van der Waals surface area contributed by atoms with Gasteiger partial charge in [-0.05, 0) is 34.7 Å². The number of carbonyl (C=O) groups is 6. The van der Waals surface area contributed by atoms with Crippen LogP contribution in [0.3, 0.4) is 0 Å². The zero-order valence-electron chi connectivity index (χ0n) is 35.7. The first-order valence-corrected chi connectivity index (χ1v) is 20.8. The van der Waals surface area contributed by atoms with Gasteiger partial charge in [0.2, 0.25) is 29.5 Å². The van der Waals surface area contributed by atoms with E-state index in [4.69, 9.17) is 9.73 Å². The minimum Gasteiger partial charge on any atom is -0.469 e. The van der Waals surface area contributed by atoms with Gasteiger partial charge in [0.05, 0.1) is 25.6 Å². The van der Waals surface area contributed by atoms with E-state index in [9.17, 15) is 28.8 Å². The molecule has 1 aromatic carbocycles. The van der Waals surface area contributed by atoms with Gasteiger partial charge < -0.3 is 36.2 Å². The monoisotopic (exact) mass is 822 g/mol. The molecule has 58 heavy (non-hydrogen) atoms. The molecule has 16 heteroatoms. The van der Waals surface area contributed by atoms with E-state index in [-0.39, 0.29) is 42.5 Å². The van der Waals surface area contributed by atoms with Gasteiger partial charge in [-0.15, -0.1) is 11.3 Å². The zero-order chi connectivity index (χ0) is 43.1. The largest absolute Gasteiger partial charge is 0.469 e. The van der Waals surface area contributed by atoms with Crippen LogP contribution in [0.1, 0.15) is 105 Å². The number of nitrogens with one attached hydrogen (secondary N) is 5. The highest BCUT2D eigenvalue weighted by Gasteiger charge is 2.44. The first-order chi connectivity index (χ1) is 27.1. The molecule has 318 valence electrons. The number of hydrogen-bond acceptors (Lipinski definition) is 11. The van der Waals surface area contributed by atoms with Gasteiger partial charge in [0.25, 0.3) is 0 Å². The van der Waals surface area contributed by atoms with E-state index in [0.29, 0.717) is 18.0 Å². The van der Waals surface area contributed by atoms with Crippen molar-refractivity contribution in [3.05, 3.63) is 52.5 Å². The molecule has 5 amide bonds. The smallest absolute Gasteiger partial charge is 0.308 e. The van der Waals surface area contributed by atoms with Gasteiger partial charge in [-0.2, -0.15) is 0 Å². The third-order valence-corrected chi connectivity index (χ3v) is 11.7. The highest BCUT2D eigenvalue weighted by molar-refractivity contribution is 7.09. The Labute approximate surface area is 346 Å². The average Bonchev–Trinajstić information content (AvgIpc) is 3.83. The number of benzene rings is 1. The molecule has 3 heterocycles. The van der Waals surface area contributed by atoms with Crippen molar-refractivity contribution in [3.8, 4) is 0 Å². The normalized spacial score (nSPS) is 22.8. The molecular weight excluding hydrogens is 761 g/mol. The van der Waals surface area contributed by atoms with Crippen LogP contribution in [-0.4, -0.2) is 102 Å². The van der Waals surface area contributed by atoms with Crippen LogP contribution in [0.2, 0.25) is 0 Å². The van der Waals surface area contributed by atoms with Crippen molar-refractivity contribution in [3.63, 3.8) is 0 Å². The molecule has 0 radical (unpaired) electrons. The van der Waals surface area contributed by atoms with Crippen molar-refractivity contribution < 1.29 is 33.5 Å². The first kappa shape index (κ1) is 45.8. The number of hydrogen-bond donors (Lipinski definition) is 5. The molecule has 0 spiro atoms. The molecule has 1 fully saturated rings. The second-order valence-electron chi connectivity index (χ2n) is 17.9. The van der Waals surface area contributed by atoms with Gasteiger partial charge in [-0.25, -0.2) is 4.98 Å². The number of ether oxygens (including phenoxy) is 1. The van der Waals surface area contributed by atoms with E-state index in [1.165, 1.54) is 23.3 Å². The number of aliphatic imine (C=N–C) groups is 1. The Morgan fingerprint density at radius 3 is 2.21 bits per heavy atom. The van der Waals surface area contributed by atoms with Crippen molar-refractivity contribution in [2.45, 2.75) is 124 Å². The quantitative estimate of drug-likeness (QED) is 0.211. The molecule has 1 aromatic heterocycles. The molecule has 5 N–H and O–H groups in total. The molecule has 2 aliphatic heterocycles. The molecule has 1 saturated heterocycles. The summed E-state index contributed by atoms with van der Waals surface area (Å²) in [5, 5.41) is 17.6. The van der Waals surface area contributed by atoms with Crippen LogP contribution in [0.5, 0.6) is 0 Å². The van der Waals surface area contributed by atoms with Crippen LogP contribution in [0.15, 0.2) is 46.9 Å². The van der Waals surface area contributed by atoms with Crippen LogP contribution in [-0.2, 0) is 33.5 Å². The van der Waals surface area contributed by atoms with Crippen LogP contribution < -0.4 is 26.6 Å². The maximum Gasteiger partial charge on any atom is 0.308 e. The van der Waals surface area contributed by atoms with Crippen molar-refractivity contribution in [2.75, 3.05) is 20.2 Å². The number of rotatable bonds is 11. The molecular formula is C42H62N8O7S. The topological polar surface area (TPSA) is 200 Å². The lowest BCUT2D eigenvalue weighted by Gasteiger charge is -2.39. The van der Waals surface area contributed by atoms with Crippen LogP contribution in [0, 0.1) is 22.7 Å². The number of fused-ring (bicyclic) bond motifs is 1. The lowest BCUT2D eigenvalue weighted by Crippen LogP contribution is -2.65. The fourth-order valence-corrected chi connectivity index (χ4v) is 8.03. The average molecular weight is 823 g/mol. The Morgan fingerprint density at radius 2 is 1.64 bits per heavy atom. The summed E-state index contributed by atoms with van der Waals surface area (Å²) < 4.78 is 4.91. The Bertz CT molecular complexity index is 1800. The Hall–Kier alpha value is -4.86. The summed E-state index contributed by atoms with van der Waals surface area (Å²) in [6, 6.07) is 3.83. The van der Waals surface area contributed by atoms with E-state index in [1.807, 2.05) is 99.6 Å². The molecule has 5 unspecified atom stereocenters. The number of thiazole rings is 1. The second-order valence-corrected chi connectivity index (χ2v) is 18.8. The molecule has 4 rings (SSSR count). The summed E-state index contributed by atoms with van der Waals surface area (Å²) in [7, 11) is 1.27. The van der Waals surface area contributed by atoms with E-state index >= 15 is 0 Å². The third kappa shape index (κ3) is 11.4. The van der Waals surface area contributed by atoms with Crippen molar-refractivity contribution in [2.24, 2.45) is 27.7 Å². The fraction of sp³-hybridized carbons (Fsp3) is 0.619. The number of esters is 1. The maximum atomic E-state index is 14.8. The summed E-state index contributed by atoms with van der Waals surface area (Å²) in [5.41, 5.74) is -0.707. The number of carbonyl (C=O) groups excluding carboxylic acids is 6. The predicted octanol–water partition coefficient (Wildman–Crippen LogP) is 3.48. The van der Waals surface area contributed by atoms with Crippen molar-refractivity contribution in [1.29, 1.82) is 0 Å². The van der Waals surface area contributed by atoms with E-state index < -0.39 is 76.7 Å². The molecule has 0 aliphatic carbocycles. The molecule has 8 atom stereocenters. The zero-order valence-corrected chi connectivity index (χ0v) is 36.5. The first-order valence-electron chi connectivity index (χ1n) is 20.0. The van der Waals surface area contributed by atoms with Gasteiger partial charge in [0.1, 0.15) is 41.6 Å². The Morgan fingerprint density at radius 1 is 0.966 bits per heavy atom. The SMILES string of the molecule is COC(=O)CC(NC(=O)C(NC(=O)C(NC1=NCC(=O)N2CC[C@@H](C)[C@H]2C(=O)N[C@@H](C(C)C)C(=O)NC1C(C)(C)C)C(C)(C)C)C(C)c1ccccc1)c1nccs1. The van der Waals surface area contributed by atoms with E-state index in [0.717, 1.165) is 5.56 Å². The summed E-state index contributed by atoms with van der Waals surface area (Å²) >= 11 is 1.28. The number of amides is 5. The maximum absolute atomic E-state index is 14.8. The summed E-state index contributed by atoms with van der Waals surface area (Å²) in [6.45, 7) is 18.8. The fourth-order valence-electron chi connectivity index (χ4n) is 7.34. The molecule has 15 nitrogen and oxygen atoms in total. The Kier molecular flexibility index (Phi) is 15.2. The number of amidine groups is 1. The molecule has 2 aromatic rings. The lowest BCUT2D eigenvalue weighted by molar-refractivity contribution is -0.141. The standard InChI is InChI=1S/C42H62N8O7S/c1-23(2)30-36(53)49-33(41(5,6)7)35(44-22-28(51)50-19-17-24(3)32(50)38(55)46-30)48-34(42(8,9)10)39(56)47-31(25(4)26-15-13-12-14-16-26)37(54)45-27(21-29(52)57-11)40-43-18-20-58-40/h12-16,18,20,23-25,27,30-34H,17,19,21-22H2,1-11H3,(H,44,48)(H,45,54)(H,46,55)(H,47,56)(H,49,53)/t24-,25?,27?,30+,31?,32+,33?,34?/m1/s1. The number of aromatic nitrogens is 1. The molecule has 2 aliphatic rings. The second kappa shape index (κ2) is 19.3. The summed E-state index contributed by atoms with van der Waals surface area (Å²) in [6.07, 6.45) is 2.04. The Balaban J connectivity index is 1.76. The van der Waals surface area contributed by atoms with Gasteiger partial charge in [0, 0.05) is 24.0 Å². The van der Waals surface area contributed by atoms with Crippen molar-refractivity contribution in [1.82, 2.24) is 36.5 Å². The third-order valence-electron chi connectivity index (χ3n) is 10.8. The minimum atomic E-state index is -1.12. The van der Waals surface area contributed by atoms with Crippen LogP contribution in [0.4, 0.5) is 0 Å². The molecule has 0 saturated carbocycles. The minimum absolute atomic E-state index is 0.124. The van der Waals surface area contributed by atoms with Gasteiger partial charge in [0.15, 0.2) is 0 Å². The summed E-state index contributed by atoms with van der Waals surface area (Å²) in [4.78, 5) is 93.8. The highest BCUT2D eigenvalue weighted by Crippen LogP contribution is 2.29.